The summed E-state index contributed by atoms with van der Waals surface area (Å²) >= 11 is 1.43. The van der Waals surface area contributed by atoms with E-state index in [0.29, 0.717) is 22.2 Å². The molecule has 0 saturated heterocycles. The van der Waals surface area contributed by atoms with Crippen molar-refractivity contribution in [1.82, 2.24) is 14.5 Å². The molecule has 0 aliphatic carbocycles. The van der Waals surface area contributed by atoms with Gasteiger partial charge in [-0.05, 0) is 30.5 Å². The number of hydrogen-bond donors (Lipinski definition) is 2. The Bertz CT molecular complexity index is 1040. The minimum Gasteiger partial charge on any atom is -0.475 e. The number of nitrogens with zero attached hydrogens (tertiary/aromatic N) is 3. The lowest BCUT2D eigenvalue weighted by Crippen LogP contribution is -2.21. The first-order valence-electron chi connectivity index (χ1n) is 7.22. The monoisotopic (exact) mass is 398 g/mol. The number of hydrogen-bond acceptors (Lipinski definition) is 6. The predicted octanol–water partition coefficient (Wildman–Crippen LogP) is 2.72. The third-order valence-corrected chi connectivity index (χ3v) is 3.73. The van der Waals surface area contributed by atoms with Crippen LogP contribution in [0, 0.1) is 0 Å². The summed E-state index contributed by atoms with van der Waals surface area (Å²) in [6.07, 6.45) is -1.47. The van der Waals surface area contributed by atoms with E-state index in [2.05, 4.69) is 9.97 Å². The second kappa shape index (κ2) is 8.08. The van der Waals surface area contributed by atoms with Crippen molar-refractivity contribution in [2.24, 2.45) is 0 Å². The first-order chi connectivity index (χ1) is 12.6. The topological polar surface area (TPSA) is 111 Å². The van der Waals surface area contributed by atoms with Gasteiger partial charge in [-0.2, -0.15) is 13.2 Å². The van der Waals surface area contributed by atoms with Gasteiger partial charge in [0.1, 0.15) is 0 Å². The predicted molar refractivity (Wildman–Crippen MR) is 95.0 cm³/mol. The van der Waals surface area contributed by atoms with E-state index in [0.717, 1.165) is 5.39 Å². The Labute approximate surface area is 154 Å². The van der Waals surface area contributed by atoms with Crippen molar-refractivity contribution < 1.29 is 23.1 Å². The van der Waals surface area contributed by atoms with Gasteiger partial charge in [-0.3, -0.25) is 9.36 Å². The van der Waals surface area contributed by atoms with Crippen LogP contribution >= 0.6 is 11.8 Å². The number of rotatable bonds is 2. The van der Waals surface area contributed by atoms with E-state index >= 15 is 0 Å². The highest BCUT2D eigenvalue weighted by Gasteiger charge is 2.38. The maximum Gasteiger partial charge on any atom is 0.490 e. The summed E-state index contributed by atoms with van der Waals surface area (Å²) in [6, 6.07) is 10.4. The molecule has 0 spiro atoms. The van der Waals surface area contributed by atoms with Crippen LogP contribution in [0.5, 0.6) is 0 Å². The summed E-state index contributed by atoms with van der Waals surface area (Å²) in [5.74, 6) is -2.76. The number of nitrogen functional groups attached to an aromatic ring is 1. The standard InChI is InChI=1S/C14H12N4OS.C2HF3O2/c1-20-14-16-8-9-5-6-12(19)18(13(9)17-14)11-4-2-3-10(15)7-11;3-2(4,5)1(6)7/h2-8H,15H2,1H3;(H,6,7). The van der Waals surface area contributed by atoms with Gasteiger partial charge in [0.15, 0.2) is 10.8 Å². The molecule has 0 amide bonds. The number of anilines is 1. The zero-order chi connectivity index (χ0) is 20.2. The highest BCUT2D eigenvalue weighted by atomic mass is 32.2. The van der Waals surface area contributed by atoms with Crippen LogP contribution in [-0.2, 0) is 4.79 Å². The summed E-state index contributed by atoms with van der Waals surface area (Å²) in [7, 11) is 0. The van der Waals surface area contributed by atoms with Gasteiger partial charge >= 0.3 is 12.1 Å². The van der Waals surface area contributed by atoms with Gasteiger partial charge in [0.05, 0.1) is 5.69 Å². The Morgan fingerprint density at radius 3 is 2.48 bits per heavy atom. The first kappa shape index (κ1) is 20.2. The van der Waals surface area contributed by atoms with E-state index in [9.17, 15) is 18.0 Å². The SMILES string of the molecule is CSc1ncc2ccc(=O)n(-c3cccc(N)c3)c2n1.O=C(O)C(F)(F)F. The molecule has 1 aromatic carbocycles. The van der Waals surface area contributed by atoms with Crippen molar-refractivity contribution in [3.63, 3.8) is 0 Å². The van der Waals surface area contributed by atoms with E-state index in [1.54, 1.807) is 29.0 Å². The zero-order valence-electron chi connectivity index (χ0n) is 13.8. The summed E-state index contributed by atoms with van der Waals surface area (Å²) in [5, 5.41) is 8.56. The minimum absolute atomic E-state index is 0.145. The van der Waals surface area contributed by atoms with Crippen molar-refractivity contribution in [3.05, 3.63) is 52.9 Å². The smallest absolute Gasteiger partial charge is 0.475 e. The van der Waals surface area contributed by atoms with E-state index in [-0.39, 0.29) is 5.56 Å². The molecule has 142 valence electrons. The quantitative estimate of drug-likeness (QED) is 0.388. The van der Waals surface area contributed by atoms with Crippen LogP contribution < -0.4 is 11.3 Å². The Morgan fingerprint density at radius 2 is 1.93 bits per heavy atom. The maximum absolute atomic E-state index is 12.2. The van der Waals surface area contributed by atoms with Gasteiger partial charge in [-0.25, -0.2) is 14.8 Å². The fraction of sp³-hybridized carbons (Fsp3) is 0.125. The highest BCUT2D eigenvalue weighted by Crippen LogP contribution is 2.18. The van der Waals surface area contributed by atoms with E-state index in [1.165, 1.54) is 17.8 Å². The molecule has 3 aromatic rings. The van der Waals surface area contributed by atoms with Gasteiger partial charge < -0.3 is 10.8 Å². The maximum atomic E-state index is 12.2. The average Bonchev–Trinajstić information content (AvgIpc) is 2.60. The van der Waals surface area contributed by atoms with Gasteiger partial charge in [0.2, 0.25) is 0 Å². The van der Waals surface area contributed by atoms with E-state index < -0.39 is 12.1 Å². The van der Waals surface area contributed by atoms with Crippen LogP contribution in [0.1, 0.15) is 0 Å². The third kappa shape index (κ3) is 4.97. The molecule has 0 saturated carbocycles. The number of nitrogens with two attached hydrogens (primary N) is 1. The van der Waals surface area contributed by atoms with Crippen molar-refractivity contribution in [2.75, 3.05) is 12.0 Å². The van der Waals surface area contributed by atoms with Crippen molar-refractivity contribution in [3.8, 4) is 5.69 Å². The number of halogens is 3. The Kier molecular flexibility index (Phi) is 6.05. The molecule has 7 nitrogen and oxygen atoms in total. The van der Waals surface area contributed by atoms with Gasteiger partial charge in [0, 0.05) is 23.3 Å². The number of carbonyl (C=O) groups is 1. The lowest BCUT2D eigenvalue weighted by atomic mass is 10.2. The first-order valence-corrected chi connectivity index (χ1v) is 8.45. The van der Waals surface area contributed by atoms with Crippen LogP contribution in [0.25, 0.3) is 16.7 Å². The van der Waals surface area contributed by atoms with Crippen molar-refractivity contribution in [2.45, 2.75) is 11.3 Å². The van der Waals surface area contributed by atoms with Crippen molar-refractivity contribution in [1.29, 1.82) is 0 Å². The number of thioether (sulfide) groups is 1. The molecular weight excluding hydrogens is 385 g/mol. The third-order valence-electron chi connectivity index (χ3n) is 3.16. The van der Waals surface area contributed by atoms with Crippen LogP contribution in [0.3, 0.4) is 0 Å². The molecule has 0 radical (unpaired) electrons. The molecule has 0 bridgehead atoms. The Morgan fingerprint density at radius 1 is 1.26 bits per heavy atom. The van der Waals surface area contributed by atoms with Gasteiger partial charge in [0.25, 0.3) is 5.56 Å². The number of carboxylic acid groups (broad SMARTS) is 1. The molecular formula is C16H13F3N4O3S. The van der Waals surface area contributed by atoms with Crippen molar-refractivity contribution >= 4 is 34.5 Å². The molecule has 3 N–H and O–H groups in total. The lowest BCUT2D eigenvalue weighted by Gasteiger charge is -2.10. The normalized spacial score (nSPS) is 11.0. The lowest BCUT2D eigenvalue weighted by molar-refractivity contribution is -0.192. The molecule has 0 fully saturated rings. The number of aliphatic carboxylic acids is 1. The summed E-state index contributed by atoms with van der Waals surface area (Å²) in [5.41, 5.74) is 7.54. The molecule has 2 heterocycles. The summed E-state index contributed by atoms with van der Waals surface area (Å²) in [4.78, 5) is 29.7. The van der Waals surface area contributed by atoms with Crippen LogP contribution in [0.15, 0.2) is 52.5 Å². The number of carboxylic acids is 1. The zero-order valence-corrected chi connectivity index (χ0v) is 14.6. The van der Waals surface area contributed by atoms with Gasteiger partial charge in [-0.1, -0.05) is 17.8 Å². The number of fused-ring (bicyclic) bond motifs is 1. The highest BCUT2D eigenvalue weighted by molar-refractivity contribution is 7.98. The second-order valence-corrected chi connectivity index (χ2v) is 5.81. The van der Waals surface area contributed by atoms with E-state index in [1.807, 2.05) is 18.4 Å². The molecule has 2 aromatic heterocycles. The molecule has 0 aliphatic rings. The average molecular weight is 398 g/mol. The van der Waals surface area contributed by atoms with Crippen LogP contribution in [0.4, 0.5) is 18.9 Å². The number of alkyl halides is 3. The molecule has 11 heteroatoms. The Balaban J connectivity index is 0.000000321. The molecule has 0 unspecified atom stereocenters. The van der Waals surface area contributed by atoms with E-state index in [4.69, 9.17) is 15.6 Å². The number of benzene rings is 1. The Hall–Kier alpha value is -3.08. The molecule has 3 rings (SSSR count). The van der Waals surface area contributed by atoms with Crippen LogP contribution in [-0.4, -0.2) is 38.0 Å². The molecule has 0 atom stereocenters. The molecule has 0 aliphatic heterocycles. The second-order valence-electron chi connectivity index (χ2n) is 5.04. The number of pyridine rings is 1. The fourth-order valence-electron chi connectivity index (χ4n) is 2.01. The minimum atomic E-state index is -5.08. The fourth-order valence-corrected chi connectivity index (χ4v) is 2.35. The summed E-state index contributed by atoms with van der Waals surface area (Å²) < 4.78 is 33.3. The summed E-state index contributed by atoms with van der Waals surface area (Å²) in [6.45, 7) is 0. The van der Waals surface area contributed by atoms with Gasteiger partial charge in [-0.15, -0.1) is 0 Å². The number of aromatic nitrogens is 3. The molecule has 27 heavy (non-hydrogen) atoms. The van der Waals surface area contributed by atoms with Crippen LogP contribution in [0.2, 0.25) is 0 Å². The largest absolute Gasteiger partial charge is 0.490 e.